The van der Waals surface area contributed by atoms with Crippen molar-refractivity contribution in [2.45, 2.75) is 31.6 Å². The second-order valence-electron chi connectivity index (χ2n) is 6.05. The Morgan fingerprint density at radius 2 is 2.04 bits per heavy atom. The van der Waals surface area contributed by atoms with Crippen LogP contribution < -0.4 is 4.90 Å². The molecule has 0 saturated carbocycles. The number of carbonyl (C=O) groups excluding carboxylic acids is 3. The van der Waals surface area contributed by atoms with E-state index in [-0.39, 0.29) is 28.8 Å². The fourth-order valence-electron chi connectivity index (χ4n) is 3.11. The lowest BCUT2D eigenvalue weighted by atomic mass is 9.93. The molecule has 0 spiro atoms. The normalized spacial score (nSPS) is 20.5. The van der Waals surface area contributed by atoms with Crippen LogP contribution in [0.25, 0.3) is 6.08 Å². The Kier molecular flexibility index (Phi) is 5.49. The van der Waals surface area contributed by atoms with Gasteiger partial charge in [0.25, 0.3) is 11.8 Å². The number of hydrogen-bond acceptors (Lipinski definition) is 4. The van der Waals surface area contributed by atoms with Gasteiger partial charge in [0, 0.05) is 16.5 Å². The van der Waals surface area contributed by atoms with E-state index in [1.54, 1.807) is 31.2 Å². The van der Waals surface area contributed by atoms with Crippen molar-refractivity contribution < 1.29 is 19.1 Å². The fraction of sp³-hybridized carbons (Fsp3) is 0.316. The van der Waals surface area contributed by atoms with E-state index in [2.05, 4.69) is 0 Å². The summed E-state index contributed by atoms with van der Waals surface area (Å²) >= 11 is 12.1. The zero-order valence-corrected chi connectivity index (χ0v) is 15.6. The lowest BCUT2D eigenvalue weighted by Gasteiger charge is -2.15. The maximum Gasteiger partial charge on any atom is 0.349 e. The number of imide groups is 1. The average Bonchev–Trinajstić information content (AvgIpc) is 2.85. The average molecular weight is 394 g/mol. The first-order chi connectivity index (χ1) is 12.4. The molecule has 1 heterocycles. The largest absolute Gasteiger partial charge is 0.462 e. The summed E-state index contributed by atoms with van der Waals surface area (Å²) in [6.45, 7) is 1.91. The van der Waals surface area contributed by atoms with Crippen molar-refractivity contribution in [3.05, 3.63) is 46.0 Å². The van der Waals surface area contributed by atoms with Crippen molar-refractivity contribution in [3.63, 3.8) is 0 Å². The highest BCUT2D eigenvalue weighted by molar-refractivity contribution is 6.43. The van der Waals surface area contributed by atoms with Gasteiger partial charge in [-0.05, 0) is 50.0 Å². The van der Waals surface area contributed by atoms with Gasteiger partial charge >= 0.3 is 5.97 Å². The molecular formula is C19H17Cl2NO4. The highest BCUT2D eigenvalue weighted by Crippen LogP contribution is 2.37. The summed E-state index contributed by atoms with van der Waals surface area (Å²) in [4.78, 5) is 38.2. The minimum absolute atomic E-state index is 0.0783. The quantitative estimate of drug-likeness (QED) is 0.337. The van der Waals surface area contributed by atoms with Gasteiger partial charge in [-0.2, -0.15) is 0 Å². The van der Waals surface area contributed by atoms with Crippen LogP contribution in [0.1, 0.15) is 31.7 Å². The smallest absolute Gasteiger partial charge is 0.349 e. The Morgan fingerprint density at radius 3 is 2.77 bits per heavy atom. The van der Waals surface area contributed by atoms with Gasteiger partial charge in [0.05, 0.1) is 12.3 Å². The third-order valence-corrected chi connectivity index (χ3v) is 4.95. The molecule has 1 unspecified atom stereocenters. The van der Waals surface area contributed by atoms with Crippen LogP contribution in [0.3, 0.4) is 0 Å². The first-order valence-electron chi connectivity index (χ1n) is 8.31. The maximum atomic E-state index is 12.7. The van der Waals surface area contributed by atoms with Gasteiger partial charge < -0.3 is 4.74 Å². The van der Waals surface area contributed by atoms with Crippen LogP contribution in [0, 0.1) is 0 Å². The summed E-state index contributed by atoms with van der Waals surface area (Å²) in [6, 6.07) is 6.72. The Hall–Kier alpha value is -2.11. The van der Waals surface area contributed by atoms with Gasteiger partial charge in [-0.1, -0.05) is 23.7 Å². The molecule has 1 aliphatic carbocycles. The molecule has 1 aromatic carbocycles. The first kappa shape index (κ1) is 18.7. The van der Waals surface area contributed by atoms with E-state index in [0.29, 0.717) is 41.7 Å². The molecule has 136 valence electrons. The fourth-order valence-corrected chi connectivity index (χ4v) is 3.55. The molecule has 1 aromatic rings. The number of hydrogen-bond donors (Lipinski definition) is 0. The van der Waals surface area contributed by atoms with E-state index < -0.39 is 5.97 Å². The Bertz CT molecular complexity index is 844. The molecule has 0 fully saturated rings. The van der Waals surface area contributed by atoms with Crippen LogP contribution in [-0.4, -0.2) is 29.8 Å². The minimum atomic E-state index is -0.627. The summed E-state index contributed by atoms with van der Waals surface area (Å²) in [5.41, 5.74) is 2.08. The van der Waals surface area contributed by atoms with Crippen molar-refractivity contribution in [2.75, 3.05) is 11.5 Å². The molecule has 0 saturated heterocycles. The summed E-state index contributed by atoms with van der Waals surface area (Å²) in [6.07, 6.45) is 3.05. The van der Waals surface area contributed by atoms with Gasteiger partial charge in [-0.25, -0.2) is 9.69 Å². The summed E-state index contributed by atoms with van der Waals surface area (Å²) in [5, 5.41) is -0.200. The van der Waals surface area contributed by atoms with Crippen LogP contribution in [0.2, 0.25) is 0 Å². The van der Waals surface area contributed by atoms with Crippen molar-refractivity contribution in [3.8, 4) is 0 Å². The number of ether oxygens (including phenoxy) is 1. The van der Waals surface area contributed by atoms with Gasteiger partial charge in [0.2, 0.25) is 0 Å². The maximum absolute atomic E-state index is 12.7. The lowest BCUT2D eigenvalue weighted by Crippen LogP contribution is -2.31. The molecule has 26 heavy (non-hydrogen) atoms. The molecular weight excluding hydrogens is 377 g/mol. The molecule has 1 atom stereocenters. The predicted octanol–water partition coefficient (Wildman–Crippen LogP) is 3.79. The Morgan fingerprint density at radius 1 is 1.31 bits per heavy atom. The zero-order valence-electron chi connectivity index (χ0n) is 14.1. The zero-order chi connectivity index (χ0) is 18.8. The molecule has 2 aliphatic rings. The molecule has 3 rings (SSSR count). The van der Waals surface area contributed by atoms with E-state index in [0.717, 1.165) is 4.90 Å². The van der Waals surface area contributed by atoms with E-state index in [1.807, 2.05) is 0 Å². The number of rotatable bonds is 4. The molecule has 0 N–H and O–H groups in total. The van der Waals surface area contributed by atoms with Crippen molar-refractivity contribution in [2.24, 2.45) is 0 Å². The highest BCUT2D eigenvalue weighted by atomic mass is 35.5. The molecule has 7 heteroatoms. The van der Waals surface area contributed by atoms with Crippen LogP contribution in [0.4, 0.5) is 5.69 Å². The van der Waals surface area contributed by atoms with Gasteiger partial charge in [0.15, 0.2) is 0 Å². The second-order valence-corrected chi connectivity index (χ2v) is 7.08. The topological polar surface area (TPSA) is 63.7 Å². The monoisotopic (exact) mass is 393 g/mol. The van der Waals surface area contributed by atoms with Crippen molar-refractivity contribution >= 4 is 52.7 Å². The summed E-state index contributed by atoms with van der Waals surface area (Å²) in [7, 11) is 0. The van der Waals surface area contributed by atoms with E-state index >= 15 is 0 Å². The Balaban J connectivity index is 1.88. The molecule has 1 aliphatic heterocycles. The number of nitrogens with zero attached hydrogens (tertiary/aromatic N) is 1. The minimum Gasteiger partial charge on any atom is -0.462 e. The lowest BCUT2D eigenvalue weighted by molar-refractivity contribution is -0.137. The van der Waals surface area contributed by atoms with Crippen LogP contribution >= 0.6 is 23.2 Å². The van der Waals surface area contributed by atoms with Gasteiger partial charge in [-0.3, -0.25) is 9.59 Å². The SMILES string of the molecule is CCOC(=O)C(Cl)=Cc1cccc(N2C(=O)C3=C(CC(Cl)CC3)C2=O)c1. The number of alkyl halides is 1. The third-order valence-electron chi connectivity index (χ3n) is 4.31. The van der Waals surface area contributed by atoms with Gasteiger partial charge in [-0.15, -0.1) is 11.6 Å². The molecule has 0 radical (unpaired) electrons. The number of esters is 1. The first-order valence-corrected chi connectivity index (χ1v) is 9.13. The third kappa shape index (κ3) is 3.55. The van der Waals surface area contributed by atoms with E-state index in [4.69, 9.17) is 27.9 Å². The van der Waals surface area contributed by atoms with E-state index in [9.17, 15) is 14.4 Å². The second kappa shape index (κ2) is 7.64. The molecule has 0 aromatic heterocycles. The molecule has 2 amide bonds. The standard InChI is InChI=1S/C19H17Cl2NO4/c1-2-26-19(25)16(21)9-11-4-3-5-13(8-11)22-17(23)14-7-6-12(20)10-15(14)18(22)24/h3-5,8-9,12H,2,6-7,10H2,1H3. The number of benzene rings is 1. The Labute approximate surface area is 161 Å². The van der Waals surface area contributed by atoms with Crippen LogP contribution in [-0.2, 0) is 19.1 Å². The number of carbonyl (C=O) groups is 3. The van der Waals surface area contributed by atoms with Crippen molar-refractivity contribution in [1.29, 1.82) is 0 Å². The molecule has 5 nitrogen and oxygen atoms in total. The van der Waals surface area contributed by atoms with Crippen LogP contribution in [0.5, 0.6) is 0 Å². The van der Waals surface area contributed by atoms with E-state index in [1.165, 1.54) is 6.08 Å². The predicted molar refractivity (Wildman–Crippen MR) is 99.9 cm³/mol. The summed E-state index contributed by atoms with van der Waals surface area (Å²) in [5.74, 6) is -1.25. The number of anilines is 1. The number of amides is 2. The van der Waals surface area contributed by atoms with Gasteiger partial charge in [0.1, 0.15) is 5.03 Å². The highest BCUT2D eigenvalue weighted by Gasteiger charge is 2.41. The van der Waals surface area contributed by atoms with Crippen molar-refractivity contribution in [1.82, 2.24) is 0 Å². The molecule has 0 bridgehead atoms. The van der Waals surface area contributed by atoms with Crippen LogP contribution in [0.15, 0.2) is 40.4 Å². The number of halogens is 2. The summed E-state index contributed by atoms with van der Waals surface area (Å²) < 4.78 is 4.84.